The predicted octanol–water partition coefficient (Wildman–Crippen LogP) is 0.103. The van der Waals surface area contributed by atoms with Crippen LogP contribution in [0.25, 0.3) is 0 Å². The highest BCUT2D eigenvalue weighted by molar-refractivity contribution is 7.89. The number of carbonyl (C=O) groups excluding carboxylic acids is 2. The molecule has 0 aromatic heterocycles. The number of piperazine rings is 1. The molecule has 1 atom stereocenters. The van der Waals surface area contributed by atoms with Crippen LogP contribution in [0.4, 0.5) is 0 Å². The monoisotopic (exact) mass is 394 g/mol. The van der Waals surface area contributed by atoms with Gasteiger partial charge in [-0.3, -0.25) is 9.59 Å². The molecule has 2 aliphatic heterocycles. The predicted molar refractivity (Wildman–Crippen MR) is 101 cm³/mol. The highest BCUT2D eigenvalue weighted by Gasteiger charge is 2.31. The van der Waals surface area contributed by atoms with Crippen molar-refractivity contribution in [1.82, 2.24) is 14.1 Å². The first-order chi connectivity index (χ1) is 12.8. The van der Waals surface area contributed by atoms with Crippen molar-refractivity contribution in [3.05, 3.63) is 29.8 Å². The number of likely N-dealkylation sites (tertiary alicyclic amines) is 1. The van der Waals surface area contributed by atoms with Crippen LogP contribution in [-0.4, -0.2) is 79.6 Å². The second kappa shape index (κ2) is 7.95. The Kier molecular flexibility index (Phi) is 5.83. The Morgan fingerprint density at radius 1 is 1.15 bits per heavy atom. The molecule has 9 heteroatoms. The summed E-state index contributed by atoms with van der Waals surface area (Å²) in [6.07, 6.45) is 1.78. The van der Waals surface area contributed by atoms with E-state index in [0.29, 0.717) is 31.7 Å². The fraction of sp³-hybridized carbons (Fsp3) is 0.556. The molecule has 27 heavy (non-hydrogen) atoms. The molecule has 1 aromatic carbocycles. The summed E-state index contributed by atoms with van der Waals surface area (Å²) in [5, 5.41) is 0. The van der Waals surface area contributed by atoms with E-state index in [-0.39, 0.29) is 35.8 Å². The first kappa shape index (κ1) is 19.8. The van der Waals surface area contributed by atoms with Gasteiger partial charge in [0.2, 0.25) is 15.9 Å². The molecule has 0 spiro atoms. The lowest BCUT2D eigenvalue weighted by Gasteiger charge is -2.33. The Bertz CT molecular complexity index is 818. The lowest BCUT2D eigenvalue weighted by Crippen LogP contribution is -2.49. The van der Waals surface area contributed by atoms with Crippen LogP contribution in [0.15, 0.2) is 29.2 Å². The number of hydrogen-bond acceptors (Lipinski definition) is 5. The van der Waals surface area contributed by atoms with Gasteiger partial charge in [-0.05, 0) is 31.0 Å². The smallest absolute Gasteiger partial charge is 0.254 e. The van der Waals surface area contributed by atoms with Crippen molar-refractivity contribution in [3.63, 3.8) is 0 Å². The van der Waals surface area contributed by atoms with Crippen molar-refractivity contribution in [3.8, 4) is 0 Å². The lowest BCUT2D eigenvalue weighted by molar-refractivity contribution is -0.129. The summed E-state index contributed by atoms with van der Waals surface area (Å²) in [6.45, 7) is 3.78. The SMILES string of the molecule is CC(=O)N1CCN(S(=O)(=O)c2cccc(C(=O)N3CCCC3CN)c2)CC1. The van der Waals surface area contributed by atoms with Crippen LogP contribution in [0.5, 0.6) is 0 Å². The van der Waals surface area contributed by atoms with Crippen LogP contribution in [-0.2, 0) is 14.8 Å². The van der Waals surface area contributed by atoms with E-state index in [4.69, 9.17) is 5.73 Å². The minimum atomic E-state index is -3.71. The maximum absolute atomic E-state index is 13.0. The third-order valence-electron chi connectivity index (χ3n) is 5.31. The van der Waals surface area contributed by atoms with Gasteiger partial charge in [0.25, 0.3) is 5.91 Å². The molecule has 2 N–H and O–H groups in total. The Morgan fingerprint density at radius 3 is 2.48 bits per heavy atom. The molecule has 1 unspecified atom stereocenters. The van der Waals surface area contributed by atoms with E-state index in [0.717, 1.165) is 12.8 Å². The van der Waals surface area contributed by atoms with Gasteiger partial charge >= 0.3 is 0 Å². The summed E-state index contributed by atoms with van der Waals surface area (Å²) >= 11 is 0. The van der Waals surface area contributed by atoms with Crippen LogP contribution in [0.2, 0.25) is 0 Å². The van der Waals surface area contributed by atoms with E-state index >= 15 is 0 Å². The van der Waals surface area contributed by atoms with Crippen LogP contribution in [0.1, 0.15) is 30.1 Å². The number of carbonyl (C=O) groups is 2. The minimum Gasteiger partial charge on any atom is -0.340 e. The van der Waals surface area contributed by atoms with Crippen molar-refractivity contribution in [2.75, 3.05) is 39.3 Å². The van der Waals surface area contributed by atoms with Crippen molar-refractivity contribution in [1.29, 1.82) is 0 Å². The zero-order chi connectivity index (χ0) is 19.6. The molecule has 2 aliphatic rings. The van der Waals surface area contributed by atoms with E-state index in [1.54, 1.807) is 21.9 Å². The van der Waals surface area contributed by atoms with E-state index in [1.165, 1.54) is 23.4 Å². The topological polar surface area (TPSA) is 104 Å². The van der Waals surface area contributed by atoms with Crippen molar-refractivity contribution < 1.29 is 18.0 Å². The maximum atomic E-state index is 13.0. The van der Waals surface area contributed by atoms with E-state index in [2.05, 4.69) is 0 Å². The highest BCUT2D eigenvalue weighted by atomic mass is 32.2. The summed E-state index contributed by atoms with van der Waals surface area (Å²) in [5.41, 5.74) is 6.10. The summed E-state index contributed by atoms with van der Waals surface area (Å²) < 4.78 is 27.3. The zero-order valence-corrected chi connectivity index (χ0v) is 16.3. The molecule has 0 aliphatic carbocycles. The normalized spacial score (nSPS) is 21.5. The Balaban J connectivity index is 1.78. The standard InChI is InChI=1S/C18H26N4O4S/c1-14(23)20-8-10-21(11-9-20)27(25,26)17-6-2-4-15(12-17)18(24)22-7-3-5-16(22)13-19/h2,4,6,12,16H,3,5,7-11,13,19H2,1H3. The fourth-order valence-electron chi connectivity index (χ4n) is 3.70. The molecular weight excluding hydrogens is 368 g/mol. The van der Waals surface area contributed by atoms with Gasteiger partial charge in [-0.25, -0.2) is 8.42 Å². The molecule has 2 heterocycles. The van der Waals surface area contributed by atoms with Crippen LogP contribution in [0, 0.1) is 0 Å². The summed E-state index contributed by atoms with van der Waals surface area (Å²) in [7, 11) is -3.71. The van der Waals surface area contributed by atoms with Gasteiger partial charge in [0.05, 0.1) is 4.90 Å². The van der Waals surface area contributed by atoms with Crippen LogP contribution >= 0.6 is 0 Å². The molecular formula is C18H26N4O4S. The van der Waals surface area contributed by atoms with Gasteiger partial charge in [0, 0.05) is 57.8 Å². The molecule has 148 valence electrons. The van der Waals surface area contributed by atoms with Crippen LogP contribution in [0.3, 0.4) is 0 Å². The third kappa shape index (κ3) is 3.99. The number of hydrogen-bond donors (Lipinski definition) is 1. The molecule has 1 aromatic rings. The zero-order valence-electron chi connectivity index (χ0n) is 15.5. The first-order valence-electron chi connectivity index (χ1n) is 9.21. The van der Waals surface area contributed by atoms with E-state index in [1.807, 2.05) is 0 Å². The number of sulfonamides is 1. The largest absolute Gasteiger partial charge is 0.340 e. The number of nitrogens with zero attached hydrogens (tertiary/aromatic N) is 3. The fourth-order valence-corrected chi connectivity index (χ4v) is 5.16. The first-order valence-corrected chi connectivity index (χ1v) is 10.7. The third-order valence-corrected chi connectivity index (χ3v) is 7.21. The molecule has 0 bridgehead atoms. The van der Waals surface area contributed by atoms with E-state index in [9.17, 15) is 18.0 Å². The van der Waals surface area contributed by atoms with Crippen molar-refractivity contribution in [2.24, 2.45) is 5.73 Å². The Labute approximate surface area is 160 Å². The summed E-state index contributed by atoms with van der Waals surface area (Å²) in [6, 6.07) is 6.20. The van der Waals surface area contributed by atoms with Gasteiger partial charge in [-0.1, -0.05) is 6.07 Å². The van der Waals surface area contributed by atoms with E-state index < -0.39 is 10.0 Å². The lowest BCUT2D eigenvalue weighted by atomic mass is 10.1. The Hall–Kier alpha value is -1.97. The molecule has 0 radical (unpaired) electrons. The van der Waals surface area contributed by atoms with Gasteiger partial charge in [0.15, 0.2) is 0 Å². The minimum absolute atomic E-state index is 0.0115. The highest BCUT2D eigenvalue weighted by Crippen LogP contribution is 2.23. The van der Waals surface area contributed by atoms with Crippen LogP contribution < -0.4 is 5.73 Å². The molecule has 2 saturated heterocycles. The molecule has 2 fully saturated rings. The van der Waals surface area contributed by atoms with Crippen molar-refractivity contribution >= 4 is 21.8 Å². The molecule has 0 saturated carbocycles. The number of rotatable bonds is 4. The van der Waals surface area contributed by atoms with Crippen molar-refractivity contribution in [2.45, 2.75) is 30.7 Å². The van der Waals surface area contributed by atoms with Gasteiger partial charge in [-0.2, -0.15) is 4.31 Å². The number of benzene rings is 1. The van der Waals surface area contributed by atoms with Gasteiger partial charge in [0.1, 0.15) is 0 Å². The Morgan fingerprint density at radius 2 is 1.85 bits per heavy atom. The summed E-state index contributed by atoms with van der Waals surface area (Å²) in [5.74, 6) is -0.235. The van der Waals surface area contributed by atoms with Gasteiger partial charge in [-0.15, -0.1) is 0 Å². The number of nitrogens with two attached hydrogens (primary N) is 1. The molecule has 8 nitrogen and oxygen atoms in total. The second-order valence-corrected chi connectivity index (χ2v) is 8.91. The molecule has 2 amide bonds. The summed E-state index contributed by atoms with van der Waals surface area (Å²) in [4.78, 5) is 27.7. The molecule has 3 rings (SSSR count). The number of amides is 2. The quantitative estimate of drug-likeness (QED) is 0.780. The second-order valence-electron chi connectivity index (χ2n) is 6.97. The maximum Gasteiger partial charge on any atom is 0.254 e. The average Bonchev–Trinajstić information content (AvgIpc) is 3.16. The van der Waals surface area contributed by atoms with Gasteiger partial charge < -0.3 is 15.5 Å². The average molecular weight is 394 g/mol.